The van der Waals surface area contributed by atoms with Crippen LogP contribution in [0, 0.1) is 13.8 Å². The Hall–Kier alpha value is -1.87. The monoisotopic (exact) mass is 285 g/mol. The van der Waals surface area contributed by atoms with Crippen LogP contribution in [0.1, 0.15) is 29.3 Å². The molecule has 1 aromatic carbocycles. The summed E-state index contributed by atoms with van der Waals surface area (Å²) in [4.78, 5) is 9.16. The maximum Gasteiger partial charge on any atom is 0.164 e. The van der Waals surface area contributed by atoms with Gasteiger partial charge in [0.25, 0.3) is 0 Å². The minimum Gasteiger partial charge on any atom is -0.279 e. The van der Waals surface area contributed by atoms with Crippen molar-refractivity contribution in [3.8, 4) is 5.69 Å². The van der Waals surface area contributed by atoms with Gasteiger partial charge in [-0.1, -0.05) is 17.7 Å². The zero-order valence-corrected chi connectivity index (χ0v) is 12.5. The zero-order chi connectivity index (χ0) is 14.3. The third-order valence-electron chi connectivity index (χ3n) is 3.42. The molecule has 0 aliphatic rings. The number of hydrogen-bond donors (Lipinski definition) is 0. The first kappa shape index (κ1) is 13.1. The third kappa shape index (κ3) is 2.08. The summed E-state index contributed by atoms with van der Waals surface area (Å²) in [6.45, 7) is 6.05. The van der Waals surface area contributed by atoms with Crippen molar-refractivity contribution in [3.63, 3.8) is 0 Å². The van der Waals surface area contributed by atoms with Gasteiger partial charge in [-0.15, -0.1) is 11.6 Å². The molecule has 0 N–H and O–H groups in total. The average molecular weight is 286 g/mol. The number of pyridine rings is 1. The second kappa shape index (κ2) is 4.91. The van der Waals surface area contributed by atoms with Crippen molar-refractivity contribution in [1.82, 2.24) is 14.5 Å². The molecule has 4 heteroatoms. The van der Waals surface area contributed by atoms with E-state index in [2.05, 4.69) is 41.2 Å². The minimum absolute atomic E-state index is 0.176. The van der Waals surface area contributed by atoms with Gasteiger partial charge in [0.2, 0.25) is 0 Å². The van der Waals surface area contributed by atoms with E-state index in [1.54, 1.807) is 0 Å². The van der Waals surface area contributed by atoms with Gasteiger partial charge in [-0.05, 0) is 44.5 Å². The SMILES string of the molecule is Cc1ccc(-n2c(C(C)Cl)nc3c(C)ccnc32)cc1. The normalized spacial score (nSPS) is 12.8. The van der Waals surface area contributed by atoms with E-state index in [0.29, 0.717) is 0 Å². The fourth-order valence-electron chi connectivity index (χ4n) is 2.33. The van der Waals surface area contributed by atoms with Crippen molar-refractivity contribution < 1.29 is 0 Å². The van der Waals surface area contributed by atoms with E-state index < -0.39 is 0 Å². The first-order valence-corrected chi connectivity index (χ1v) is 7.06. The number of hydrogen-bond acceptors (Lipinski definition) is 2. The summed E-state index contributed by atoms with van der Waals surface area (Å²) in [5.74, 6) is 0.826. The molecule has 0 saturated carbocycles. The number of aryl methyl sites for hydroxylation is 2. The second-order valence-corrected chi connectivity index (χ2v) is 5.71. The number of rotatable bonds is 2. The van der Waals surface area contributed by atoms with Crippen LogP contribution in [-0.2, 0) is 0 Å². The highest BCUT2D eigenvalue weighted by molar-refractivity contribution is 6.20. The van der Waals surface area contributed by atoms with E-state index in [0.717, 1.165) is 28.2 Å². The van der Waals surface area contributed by atoms with Crippen molar-refractivity contribution in [2.24, 2.45) is 0 Å². The van der Waals surface area contributed by atoms with E-state index in [-0.39, 0.29) is 5.38 Å². The van der Waals surface area contributed by atoms with E-state index in [1.165, 1.54) is 5.56 Å². The van der Waals surface area contributed by atoms with Crippen molar-refractivity contribution >= 4 is 22.8 Å². The van der Waals surface area contributed by atoms with Crippen molar-refractivity contribution in [2.45, 2.75) is 26.1 Å². The Kier molecular flexibility index (Phi) is 3.22. The molecule has 1 unspecified atom stereocenters. The van der Waals surface area contributed by atoms with E-state index >= 15 is 0 Å². The van der Waals surface area contributed by atoms with Crippen molar-refractivity contribution in [1.29, 1.82) is 0 Å². The predicted molar refractivity (Wildman–Crippen MR) is 82.6 cm³/mol. The summed E-state index contributed by atoms with van der Waals surface area (Å²) in [6, 6.07) is 10.3. The standard InChI is InChI=1S/C16H16ClN3/c1-10-4-6-13(7-5-10)20-15(12(3)17)19-14-11(2)8-9-18-16(14)20/h4-9,12H,1-3H3. The molecule has 0 aliphatic heterocycles. The first-order valence-electron chi connectivity index (χ1n) is 6.63. The van der Waals surface area contributed by atoms with Gasteiger partial charge in [0, 0.05) is 11.9 Å². The number of aromatic nitrogens is 3. The molecule has 2 heterocycles. The second-order valence-electron chi connectivity index (χ2n) is 5.06. The largest absolute Gasteiger partial charge is 0.279 e. The van der Waals surface area contributed by atoms with Gasteiger partial charge in [0.05, 0.1) is 5.38 Å². The molecule has 0 aliphatic carbocycles. The van der Waals surface area contributed by atoms with Crippen LogP contribution in [0.25, 0.3) is 16.9 Å². The van der Waals surface area contributed by atoms with Crippen LogP contribution >= 0.6 is 11.6 Å². The summed E-state index contributed by atoms with van der Waals surface area (Å²) in [6.07, 6.45) is 1.81. The fourth-order valence-corrected chi connectivity index (χ4v) is 2.47. The zero-order valence-electron chi connectivity index (χ0n) is 11.8. The topological polar surface area (TPSA) is 30.7 Å². The highest BCUT2D eigenvalue weighted by Crippen LogP contribution is 2.28. The summed E-state index contributed by atoms with van der Waals surface area (Å²) in [5, 5.41) is -0.176. The Bertz CT molecular complexity index is 757. The van der Waals surface area contributed by atoms with Crippen LogP contribution in [0.4, 0.5) is 0 Å². The summed E-state index contributed by atoms with van der Waals surface area (Å²) >= 11 is 6.30. The van der Waals surface area contributed by atoms with Crippen LogP contribution in [0.5, 0.6) is 0 Å². The molecule has 3 rings (SSSR count). The number of imidazole rings is 1. The third-order valence-corrected chi connectivity index (χ3v) is 3.62. The smallest absolute Gasteiger partial charge is 0.164 e. The molecule has 102 valence electrons. The lowest BCUT2D eigenvalue weighted by atomic mass is 10.2. The number of nitrogens with zero attached hydrogens (tertiary/aromatic N) is 3. The van der Waals surface area contributed by atoms with Crippen LogP contribution in [0.15, 0.2) is 36.5 Å². The maximum atomic E-state index is 6.30. The van der Waals surface area contributed by atoms with Crippen LogP contribution < -0.4 is 0 Å². The quantitative estimate of drug-likeness (QED) is 0.656. The molecule has 0 fully saturated rings. The molecular weight excluding hydrogens is 270 g/mol. The molecule has 20 heavy (non-hydrogen) atoms. The molecule has 0 spiro atoms. The molecule has 3 aromatic rings. The predicted octanol–water partition coefficient (Wildman–Crippen LogP) is 4.34. The highest BCUT2D eigenvalue weighted by atomic mass is 35.5. The van der Waals surface area contributed by atoms with Crippen molar-refractivity contribution in [2.75, 3.05) is 0 Å². The molecule has 1 atom stereocenters. The molecule has 2 aromatic heterocycles. The molecule has 0 radical (unpaired) electrons. The molecular formula is C16H16ClN3. The molecule has 0 amide bonds. The van der Waals surface area contributed by atoms with Crippen LogP contribution in [0.3, 0.4) is 0 Å². The Morgan fingerprint density at radius 1 is 1.10 bits per heavy atom. The lowest BCUT2D eigenvalue weighted by Gasteiger charge is -2.10. The summed E-state index contributed by atoms with van der Waals surface area (Å²) < 4.78 is 2.04. The number of benzene rings is 1. The lowest BCUT2D eigenvalue weighted by molar-refractivity contribution is 0.876. The number of halogens is 1. The molecule has 3 nitrogen and oxygen atoms in total. The number of alkyl halides is 1. The lowest BCUT2D eigenvalue weighted by Crippen LogP contribution is -2.02. The molecule has 0 bridgehead atoms. The summed E-state index contributed by atoms with van der Waals surface area (Å²) in [5.41, 5.74) is 5.15. The van der Waals surface area contributed by atoms with Gasteiger partial charge in [0.1, 0.15) is 11.3 Å². The van der Waals surface area contributed by atoms with E-state index in [1.807, 2.05) is 30.7 Å². The fraction of sp³-hybridized carbons (Fsp3) is 0.250. The van der Waals surface area contributed by atoms with Gasteiger partial charge in [-0.2, -0.15) is 0 Å². The van der Waals surface area contributed by atoms with Gasteiger partial charge in [0.15, 0.2) is 5.65 Å². The first-order chi connectivity index (χ1) is 9.58. The highest BCUT2D eigenvalue weighted by Gasteiger charge is 2.18. The summed E-state index contributed by atoms with van der Waals surface area (Å²) in [7, 11) is 0. The number of fused-ring (bicyclic) bond motifs is 1. The molecule has 0 saturated heterocycles. The Morgan fingerprint density at radius 3 is 2.45 bits per heavy atom. The van der Waals surface area contributed by atoms with Gasteiger partial charge >= 0.3 is 0 Å². The average Bonchev–Trinajstić information content (AvgIpc) is 2.81. The van der Waals surface area contributed by atoms with Gasteiger partial charge < -0.3 is 0 Å². The van der Waals surface area contributed by atoms with Crippen LogP contribution in [-0.4, -0.2) is 14.5 Å². The van der Waals surface area contributed by atoms with Crippen molar-refractivity contribution in [3.05, 3.63) is 53.5 Å². The Morgan fingerprint density at radius 2 is 1.80 bits per heavy atom. The minimum atomic E-state index is -0.176. The van der Waals surface area contributed by atoms with E-state index in [4.69, 9.17) is 11.6 Å². The van der Waals surface area contributed by atoms with Gasteiger partial charge in [-0.25, -0.2) is 9.97 Å². The van der Waals surface area contributed by atoms with Crippen LogP contribution in [0.2, 0.25) is 0 Å². The van der Waals surface area contributed by atoms with Gasteiger partial charge in [-0.3, -0.25) is 4.57 Å². The maximum absolute atomic E-state index is 6.30. The van der Waals surface area contributed by atoms with E-state index in [9.17, 15) is 0 Å². The Labute approximate surface area is 123 Å². The Balaban J connectivity index is 2.35.